The van der Waals surface area contributed by atoms with Gasteiger partial charge in [0, 0.05) is 16.1 Å². The molecule has 1 amide bonds. The summed E-state index contributed by atoms with van der Waals surface area (Å²) in [6.07, 6.45) is 2.52. The van der Waals surface area contributed by atoms with Gasteiger partial charge in [0.05, 0.1) is 18.0 Å². The normalized spacial score (nSPS) is 10.8. The molecule has 0 aliphatic heterocycles. The van der Waals surface area contributed by atoms with Gasteiger partial charge in [0.15, 0.2) is 0 Å². The zero-order valence-corrected chi connectivity index (χ0v) is 18.2. The van der Waals surface area contributed by atoms with E-state index in [0.717, 1.165) is 16.9 Å². The van der Waals surface area contributed by atoms with Crippen LogP contribution in [0.15, 0.2) is 60.9 Å². The van der Waals surface area contributed by atoms with E-state index in [1.807, 2.05) is 12.1 Å². The van der Waals surface area contributed by atoms with E-state index in [9.17, 15) is 13.6 Å². The minimum absolute atomic E-state index is 0.0918. The van der Waals surface area contributed by atoms with E-state index < -0.39 is 12.5 Å². The molecule has 0 aliphatic rings. The van der Waals surface area contributed by atoms with Gasteiger partial charge in [0.25, 0.3) is 11.1 Å². The molecule has 2 aromatic carbocycles. The molecule has 0 atom stereocenters. The predicted molar refractivity (Wildman–Crippen MR) is 118 cm³/mol. The van der Waals surface area contributed by atoms with Gasteiger partial charge in [-0.15, -0.1) is 5.10 Å². The first-order valence-electron chi connectivity index (χ1n) is 9.36. The summed E-state index contributed by atoms with van der Waals surface area (Å²) in [5.74, 6) is -0.671. The zero-order valence-electron chi connectivity index (χ0n) is 16.6. The van der Waals surface area contributed by atoms with Crippen molar-refractivity contribution in [2.45, 2.75) is 13.2 Å². The number of nitrogens with zero attached hydrogens (tertiary/aromatic N) is 4. The number of rotatable bonds is 8. The third kappa shape index (κ3) is 5.76. The highest BCUT2D eigenvalue weighted by atomic mass is 35.5. The highest BCUT2D eigenvalue weighted by molar-refractivity contribution is 7.17. The fourth-order valence-corrected chi connectivity index (χ4v) is 3.53. The lowest BCUT2D eigenvalue weighted by Gasteiger charge is -2.12. The van der Waals surface area contributed by atoms with Gasteiger partial charge in [0.2, 0.25) is 5.13 Å². The predicted octanol–water partition coefficient (Wildman–Crippen LogP) is 5.08. The van der Waals surface area contributed by atoms with Gasteiger partial charge in [-0.05, 0) is 35.1 Å². The van der Waals surface area contributed by atoms with Crippen LogP contribution in [-0.4, -0.2) is 32.9 Å². The third-order valence-electron chi connectivity index (χ3n) is 4.27. The molecule has 0 radical (unpaired) electrons. The van der Waals surface area contributed by atoms with Crippen molar-refractivity contribution in [1.29, 1.82) is 0 Å². The maximum absolute atomic E-state index is 12.9. The van der Waals surface area contributed by atoms with Crippen LogP contribution in [0.4, 0.5) is 13.9 Å². The number of carbonyl (C=O) groups excluding carboxylic acids is 1. The third-order valence-corrected chi connectivity index (χ3v) is 5.27. The van der Waals surface area contributed by atoms with Crippen LogP contribution in [0, 0.1) is 0 Å². The molecule has 0 bridgehead atoms. The van der Waals surface area contributed by atoms with Crippen molar-refractivity contribution in [2.75, 3.05) is 5.32 Å². The molecule has 0 saturated heterocycles. The van der Waals surface area contributed by atoms with Crippen LogP contribution in [0.2, 0.25) is 5.02 Å². The van der Waals surface area contributed by atoms with Gasteiger partial charge in [0.1, 0.15) is 12.4 Å². The number of hydrogen-bond donors (Lipinski definition) is 1. The monoisotopic (exact) mass is 489 g/mol. The van der Waals surface area contributed by atoms with E-state index >= 15 is 0 Å². The highest BCUT2D eigenvalue weighted by Gasteiger charge is 2.19. The van der Waals surface area contributed by atoms with Crippen LogP contribution in [0.5, 0.6) is 10.9 Å². The maximum atomic E-state index is 12.9. The topological polar surface area (TPSA) is 99.1 Å². The van der Waals surface area contributed by atoms with E-state index in [2.05, 4.69) is 30.4 Å². The zero-order chi connectivity index (χ0) is 23.2. The van der Waals surface area contributed by atoms with Gasteiger partial charge in [-0.25, -0.2) is 0 Å². The Bertz CT molecular complexity index is 1260. The molecule has 0 fully saturated rings. The summed E-state index contributed by atoms with van der Waals surface area (Å²) in [5.41, 5.74) is 1.51. The quantitative estimate of drug-likeness (QED) is 0.368. The second-order valence-corrected chi connectivity index (χ2v) is 7.81. The first-order chi connectivity index (χ1) is 16.0. The number of nitrogens with one attached hydrogen (secondary N) is 1. The number of ether oxygens (including phenoxy) is 2. The Hall–Kier alpha value is -3.70. The minimum Gasteiger partial charge on any atom is -0.464 e. The maximum Gasteiger partial charge on any atom is 0.387 e. The molecule has 2 heterocycles. The molecular formula is C21H14ClF2N5O3S. The second kappa shape index (κ2) is 10.3. The number of aromatic nitrogens is 4. The van der Waals surface area contributed by atoms with Crippen LogP contribution in [0.1, 0.15) is 15.9 Å². The Morgan fingerprint density at radius 2 is 1.79 bits per heavy atom. The second-order valence-electron chi connectivity index (χ2n) is 6.43. The van der Waals surface area contributed by atoms with E-state index in [1.165, 1.54) is 18.5 Å². The Morgan fingerprint density at radius 3 is 2.58 bits per heavy atom. The van der Waals surface area contributed by atoms with Crippen LogP contribution in [0.3, 0.4) is 0 Å². The summed E-state index contributed by atoms with van der Waals surface area (Å²) >= 11 is 6.89. The van der Waals surface area contributed by atoms with Gasteiger partial charge in [-0.3, -0.25) is 10.1 Å². The smallest absolute Gasteiger partial charge is 0.387 e. The number of anilines is 1. The minimum atomic E-state index is -3.02. The number of benzene rings is 2. The summed E-state index contributed by atoms with van der Waals surface area (Å²) in [4.78, 5) is 12.9. The van der Waals surface area contributed by atoms with Gasteiger partial charge >= 0.3 is 6.61 Å². The summed E-state index contributed by atoms with van der Waals surface area (Å²) in [6.45, 7) is -2.77. The van der Waals surface area contributed by atoms with Crippen LogP contribution in [0.25, 0.3) is 11.1 Å². The van der Waals surface area contributed by atoms with Crippen LogP contribution >= 0.6 is 22.9 Å². The average molecular weight is 490 g/mol. The van der Waals surface area contributed by atoms with Crippen molar-refractivity contribution < 1.29 is 23.0 Å². The summed E-state index contributed by atoms with van der Waals surface area (Å²) < 4.78 is 35.7. The van der Waals surface area contributed by atoms with Crippen LogP contribution in [-0.2, 0) is 6.61 Å². The Balaban J connectivity index is 1.49. The summed E-state index contributed by atoms with van der Waals surface area (Å²) in [7, 11) is 0. The molecule has 0 aliphatic carbocycles. The van der Waals surface area contributed by atoms with Crippen molar-refractivity contribution >= 4 is 34.0 Å². The van der Waals surface area contributed by atoms with E-state index in [4.69, 9.17) is 16.3 Å². The number of amides is 1. The molecule has 12 heteroatoms. The molecule has 0 saturated carbocycles. The first-order valence-corrected chi connectivity index (χ1v) is 10.6. The Labute approximate surface area is 195 Å². The number of alkyl halides is 2. The standard InChI is InChI=1S/C21H14ClF2N5O3S/c22-13-7-5-12(6-8-13)11-31-21-29-28-20(33-21)27-18(30)16-10-26-25-9-15(16)14-3-1-2-4-17(14)32-19(23)24/h1-10,19H,11H2,(H,27,28,30). The Kier molecular flexibility index (Phi) is 7.01. The number of para-hydroxylation sites is 1. The molecule has 2 aromatic heterocycles. The lowest BCUT2D eigenvalue weighted by Crippen LogP contribution is -2.14. The fraction of sp³-hybridized carbons (Fsp3) is 0.0952. The van der Waals surface area contributed by atoms with Crippen molar-refractivity contribution in [3.63, 3.8) is 0 Å². The van der Waals surface area contributed by atoms with Gasteiger partial charge in [-0.2, -0.15) is 19.0 Å². The summed E-state index contributed by atoms with van der Waals surface area (Å²) in [5, 5.41) is 19.0. The van der Waals surface area contributed by atoms with Crippen molar-refractivity contribution in [1.82, 2.24) is 20.4 Å². The number of hydrogen-bond acceptors (Lipinski definition) is 8. The molecular weight excluding hydrogens is 476 g/mol. The molecule has 8 nitrogen and oxygen atoms in total. The molecule has 168 valence electrons. The fourth-order valence-electron chi connectivity index (χ4n) is 2.81. The molecule has 33 heavy (non-hydrogen) atoms. The summed E-state index contributed by atoms with van der Waals surface area (Å²) in [6, 6.07) is 13.2. The average Bonchev–Trinajstić information content (AvgIpc) is 3.26. The molecule has 4 aromatic rings. The molecule has 0 spiro atoms. The number of carbonyl (C=O) groups is 1. The van der Waals surface area contributed by atoms with Crippen molar-refractivity contribution in [3.05, 3.63) is 77.1 Å². The lowest BCUT2D eigenvalue weighted by molar-refractivity contribution is -0.0494. The lowest BCUT2D eigenvalue weighted by atomic mass is 10.0. The molecule has 4 rings (SSSR count). The van der Waals surface area contributed by atoms with Crippen molar-refractivity contribution in [2.24, 2.45) is 0 Å². The largest absolute Gasteiger partial charge is 0.464 e. The van der Waals surface area contributed by atoms with Crippen LogP contribution < -0.4 is 14.8 Å². The first kappa shape index (κ1) is 22.5. The SMILES string of the molecule is O=C(Nc1nnc(OCc2ccc(Cl)cc2)s1)c1cnncc1-c1ccccc1OC(F)F. The van der Waals surface area contributed by atoms with Gasteiger partial charge < -0.3 is 9.47 Å². The van der Waals surface area contributed by atoms with E-state index in [0.29, 0.717) is 5.02 Å². The van der Waals surface area contributed by atoms with E-state index in [1.54, 1.807) is 30.3 Å². The number of halogens is 3. The Morgan fingerprint density at radius 1 is 1.03 bits per heavy atom. The van der Waals surface area contributed by atoms with E-state index in [-0.39, 0.29) is 39.4 Å². The molecule has 0 unspecified atom stereocenters. The van der Waals surface area contributed by atoms with Gasteiger partial charge in [-0.1, -0.05) is 47.0 Å². The molecule has 1 N–H and O–H groups in total. The van der Waals surface area contributed by atoms with Crippen molar-refractivity contribution in [3.8, 4) is 22.1 Å². The highest BCUT2D eigenvalue weighted by Crippen LogP contribution is 2.33.